The monoisotopic (exact) mass is 589 g/mol. The molecule has 2 aromatic carbocycles. The number of carbonyl (C=O) groups excluding carboxylic acids is 2. The zero-order chi connectivity index (χ0) is 29.0. The average molecular weight is 591 g/mol. The van der Waals surface area contributed by atoms with Crippen molar-refractivity contribution in [1.82, 2.24) is 14.7 Å². The van der Waals surface area contributed by atoms with Crippen molar-refractivity contribution in [2.24, 2.45) is 11.8 Å². The summed E-state index contributed by atoms with van der Waals surface area (Å²) in [6.07, 6.45) is 3.21. The van der Waals surface area contributed by atoms with Crippen LogP contribution in [0, 0.1) is 18.8 Å². The molecule has 2 aliphatic rings. The maximum atomic E-state index is 12.1. The maximum Gasteiger partial charge on any atom is 0.327 e. The fraction of sp³-hybridized carbons (Fsp3) is 0.500. The van der Waals surface area contributed by atoms with Gasteiger partial charge >= 0.3 is 12.0 Å². The molecule has 0 aromatic heterocycles. The van der Waals surface area contributed by atoms with Gasteiger partial charge in [0.05, 0.1) is 22.5 Å². The molecule has 2 fully saturated rings. The number of carboxylic acids is 1. The first-order valence-electron chi connectivity index (χ1n) is 13.7. The van der Waals surface area contributed by atoms with Crippen LogP contribution >= 0.6 is 23.2 Å². The largest absolute Gasteiger partial charge is 0.491 e. The molecule has 1 aliphatic heterocycles. The van der Waals surface area contributed by atoms with E-state index in [1.54, 1.807) is 7.05 Å². The number of carbonyl (C=O) groups is 3. The van der Waals surface area contributed by atoms with Crippen LogP contribution in [0.1, 0.15) is 55.3 Å². The van der Waals surface area contributed by atoms with E-state index in [0.29, 0.717) is 41.1 Å². The number of hydrogen-bond donors (Lipinski definition) is 1. The molecule has 0 bridgehead atoms. The molecule has 0 spiro atoms. The number of aliphatic carboxylic acids is 1. The highest BCUT2D eigenvalue weighted by molar-refractivity contribution is 6.42. The summed E-state index contributed by atoms with van der Waals surface area (Å²) in [7, 11) is 1.61. The molecule has 40 heavy (non-hydrogen) atoms. The van der Waals surface area contributed by atoms with Gasteiger partial charge in [0.1, 0.15) is 18.9 Å². The number of urea groups is 1. The summed E-state index contributed by atoms with van der Waals surface area (Å²) in [4.78, 5) is 40.5. The molecule has 1 unspecified atom stereocenters. The third-order valence-corrected chi connectivity index (χ3v) is 8.83. The summed E-state index contributed by atoms with van der Waals surface area (Å²) < 4.78 is 5.93. The Morgan fingerprint density at radius 2 is 1.82 bits per heavy atom. The molecule has 1 saturated carbocycles. The van der Waals surface area contributed by atoms with Crippen molar-refractivity contribution in [3.05, 3.63) is 63.1 Å². The third-order valence-electron chi connectivity index (χ3n) is 8.09. The Bertz CT molecular complexity index is 1250. The second-order valence-electron chi connectivity index (χ2n) is 11.0. The third kappa shape index (κ3) is 7.28. The van der Waals surface area contributed by atoms with E-state index in [4.69, 9.17) is 27.9 Å². The first-order chi connectivity index (χ1) is 19.0. The number of aryl methyl sites for hydroxylation is 1. The van der Waals surface area contributed by atoms with Crippen LogP contribution in [0.3, 0.4) is 0 Å². The summed E-state index contributed by atoms with van der Waals surface area (Å²) >= 11 is 12.5. The van der Waals surface area contributed by atoms with E-state index in [9.17, 15) is 19.5 Å². The summed E-state index contributed by atoms with van der Waals surface area (Å²) in [5.41, 5.74) is 3.17. The van der Waals surface area contributed by atoms with Crippen LogP contribution in [0.25, 0.3) is 0 Å². The van der Waals surface area contributed by atoms with Crippen molar-refractivity contribution < 1.29 is 24.2 Å². The Balaban J connectivity index is 1.43. The molecule has 2 aromatic rings. The van der Waals surface area contributed by atoms with Gasteiger partial charge in [-0.05, 0) is 80.3 Å². The molecule has 1 aliphatic carbocycles. The highest BCUT2D eigenvalue weighted by atomic mass is 35.5. The topological polar surface area (TPSA) is 90.4 Å². The predicted molar refractivity (Wildman–Crippen MR) is 155 cm³/mol. The van der Waals surface area contributed by atoms with Crippen LogP contribution in [0.2, 0.25) is 10.0 Å². The van der Waals surface area contributed by atoms with Crippen LogP contribution < -0.4 is 4.74 Å². The lowest BCUT2D eigenvalue weighted by atomic mass is 9.81. The minimum absolute atomic E-state index is 0.0665. The summed E-state index contributed by atoms with van der Waals surface area (Å²) in [5.74, 6) is -0.0131. The number of rotatable bonds is 11. The molecule has 1 saturated heterocycles. The van der Waals surface area contributed by atoms with E-state index in [2.05, 4.69) is 17.9 Å². The molecule has 1 atom stereocenters. The quantitative estimate of drug-likeness (QED) is 0.322. The van der Waals surface area contributed by atoms with Crippen LogP contribution in [0.15, 0.2) is 36.4 Å². The van der Waals surface area contributed by atoms with E-state index < -0.39 is 5.97 Å². The molecular weight excluding hydrogens is 553 g/mol. The highest BCUT2D eigenvalue weighted by Crippen LogP contribution is 2.34. The smallest absolute Gasteiger partial charge is 0.327 e. The van der Waals surface area contributed by atoms with Gasteiger partial charge in [-0.1, -0.05) is 41.4 Å². The van der Waals surface area contributed by atoms with Crippen LogP contribution in [0.5, 0.6) is 5.75 Å². The van der Waals surface area contributed by atoms with E-state index in [-0.39, 0.29) is 43.6 Å². The van der Waals surface area contributed by atoms with Gasteiger partial charge in [0.2, 0.25) is 5.91 Å². The van der Waals surface area contributed by atoms with Gasteiger partial charge in [0.15, 0.2) is 0 Å². The van der Waals surface area contributed by atoms with Gasteiger partial charge < -0.3 is 14.7 Å². The number of halogens is 2. The van der Waals surface area contributed by atoms with Crippen LogP contribution in [-0.2, 0) is 16.1 Å². The predicted octanol–water partition coefficient (Wildman–Crippen LogP) is 6.03. The van der Waals surface area contributed by atoms with Gasteiger partial charge in [-0.3, -0.25) is 19.4 Å². The van der Waals surface area contributed by atoms with Crippen molar-refractivity contribution in [2.75, 3.05) is 33.3 Å². The lowest BCUT2D eigenvalue weighted by Gasteiger charge is -2.35. The fourth-order valence-electron chi connectivity index (χ4n) is 5.61. The number of carboxylic acid groups (broad SMARTS) is 1. The van der Waals surface area contributed by atoms with Gasteiger partial charge in [0, 0.05) is 26.2 Å². The van der Waals surface area contributed by atoms with Crippen molar-refractivity contribution in [3.63, 3.8) is 0 Å². The van der Waals surface area contributed by atoms with Gasteiger partial charge in [-0.15, -0.1) is 0 Å². The van der Waals surface area contributed by atoms with Crippen molar-refractivity contribution in [3.8, 4) is 5.75 Å². The molecule has 1 N–H and O–H groups in total. The Morgan fingerprint density at radius 1 is 1.10 bits per heavy atom. The molecule has 3 amide bonds. The van der Waals surface area contributed by atoms with Crippen molar-refractivity contribution >= 4 is 41.1 Å². The second-order valence-corrected chi connectivity index (χ2v) is 11.8. The van der Waals surface area contributed by atoms with Crippen LogP contribution in [-0.4, -0.2) is 71.0 Å². The molecule has 1 heterocycles. The molecule has 8 nitrogen and oxygen atoms in total. The second kappa shape index (κ2) is 13.2. The maximum absolute atomic E-state index is 12.1. The first kappa shape index (κ1) is 30.2. The number of likely N-dealkylation sites (N-methyl/N-ethyl adjacent to an activating group) is 1. The van der Waals surface area contributed by atoms with E-state index >= 15 is 0 Å². The van der Waals surface area contributed by atoms with Crippen molar-refractivity contribution in [1.29, 1.82) is 0 Å². The van der Waals surface area contributed by atoms with Crippen LogP contribution in [0.4, 0.5) is 4.79 Å². The fourth-order valence-corrected chi connectivity index (χ4v) is 5.91. The Hall–Kier alpha value is -2.81. The minimum atomic E-state index is -0.691. The SMILES string of the molecule is Cc1cc(CN(CC2CCC(C(=O)O)CC2)C(C)c2ccc(Cl)c(Cl)c2)ccc1OCCN1C(=O)CN(C)C1=O. The number of amides is 3. The normalized spacial score (nSPS) is 20.4. The lowest BCUT2D eigenvalue weighted by molar-refractivity contribution is -0.143. The van der Waals surface area contributed by atoms with Gasteiger partial charge in [-0.2, -0.15) is 0 Å². The lowest BCUT2D eigenvalue weighted by Crippen LogP contribution is -2.35. The number of nitrogens with zero attached hydrogens (tertiary/aromatic N) is 3. The zero-order valence-corrected chi connectivity index (χ0v) is 24.7. The molecule has 10 heteroatoms. The number of benzene rings is 2. The van der Waals surface area contributed by atoms with Gasteiger partial charge in [0.25, 0.3) is 0 Å². The number of ether oxygens (including phenoxy) is 1. The van der Waals surface area contributed by atoms with E-state index in [1.165, 1.54) is 9.80 Å². The Kier molecular flexibility index (Phi) is 9.98. The van der Waals surface area contributed by atoms with E-state index in [0.717, 1.165) is 36.1 Å². The Labute approximate surface area is 245 Å². The summed E-state index contributed by atoms with van der Waals surface area (Å²) in [6, 6.07) is 11.6. The number of hydrogen-bond acceptors (Lipinski definition) is 5. The molecule has 0 radical (unpaired) electrons. The summed E-state index contributed by atoms with van der Waals surface area (Å²) in [6.45, 7) is 6.23. The molecule has 4 rings (SSSR count). The Morgan fingerprint density at radius 3 is 2.42 bits per heavy atom. The molecule has 216 valence electrons. The first-order valence-corrected chi connectivity index (χ1v) is 14.5. The highest BCUT2D eigenvalue weighted by Gasteiger charge is 2.33. The number of imide groups is 1. The summed E-state index contributed by atoms with van der Waals surface area (Å²) in [5, 5.41) is 10.4. The van der Waals surface area contributed by atoms with Crippen molar-refractivity contribution in [2.45, 2.75) is 52.1 Å². The van der Waals surface area contributed by atoms with Gasteiger partial charge in [-0.25, -0.2) is 4.79 Å². The average Bonchev–Trinajstić information content (AvgIpc) is 3.16. The standard InChI is InChI=1S/C30H37Cl2N3O5/c1-19-14-22(6-11-27(19)40-13-12-35-28(36)18-33(3)30(35)39)17-34(16-21-4-7-23(8-5-21)29(37)38)20(2)24-9-10-25(31)26(32)15-24/h6,9-11,14-15,20-21,23H,4-5,7-8,12-13,16-18H2,1-3H3,(H,37,38). The molecular formula is C30H37Cl2N3O5. The minimum Gasteiger partial charge on any atom is -0.491 e. The van der Waals surface area contributed by atoms with E-state index in [1.807, 2.05) is 37.3 Å². The zero-order valence-electron chi connectivity index (χ0n) is 23.2.